The van der Waals surface area contributed by atoms with E-state index in [0.717, 1.165) is 5.69 Å². The molecule has 0 N–H and O–H groups in total. The Hall–Kier alpha value is -1.51. The van der Waals surface area contributed by atoms with Crippen molar-refractivity contribution >= 4 is 17.7 Å². The van der Waals surface area contributed by atoms with Gasteiger partial charge < -0.3 is 0 Å². The number of hydrogen-bond donors (Lipinski definition) is 0. The van der Waals surface area contributed by atoms with Crippen LogP contribution in [0.4, 0.5) is 11.4 Å². The monoisotopic (exact) mass is 131 g/mol. The van der Waals surface area contributed by atoms with E-state index in [2.05, 4.69) is 10.2 Å². The second kappa shape index (κ2) is 1.73. The van der Waals surface area contributed by atoms with Gasteiger partial charge in [-0.3, -0.25) is 4.79 Å². The lowest BCUT2D eigenvalue weighted by Crippen LogP contribution is -1.85. The third-order valence-electron chi connectivity index (χ3n) is 1.38. The van der Waals surface area contributed by atoms with Gasteiger partial charge in [-0.05, 0) is 12.1 Å². The minimum absolute atomic E-state index is 0.493. The van der Waals surface area contributed by atoms with Crippen molar-refractivity contribution < 1.29 is 4.79 Å². The van der Waals surface area contributed by atoms with Crippen LogP contribution in [-0.2, 0) is 4.79 Å². The van der Waals surface area contributed by atoms with E-state index in [1.165, 1.54) is 0 Å². The number of benzene rings is 1. The van der Waals surface area contributed by atoms with Crippen LogP contribution in [0.5, 0.6) is 0 Å². The van der Waals surface area contributed by atoms with E-state index in [0.29, 0.717) is 11.3 Å². The van der Waals surface area contributed by atoms with E-state index in [9.17, 15) is 4.79 Å². The van der Waals surface area contributed by atoms with Crippen molar-refractivity contribution in [2.45, 2.75) is 0 Å². The minimum atomic E-state index is 0.493. The summed E-state index contributed by atoms with van der Waals surface area (Å²) < 4.78 is 0. The first kappa shape index (κ1) is 5.29. The molecular weight excluding hydrogens is 128 g/mol. The van der Waals surface area contributed by atoms with Crippen LogP contribution in [0.15, 0.2) is 28.4 Å². The average molecular weight is 131 g/mol. The van der Waals surface area contributed by atoms with Gasteiger partial charge in [-0.2, -0.15) is 0 Å². The average Bonchev–Trinajstić information content (AvgIpc) is 1.91. The van der Waals surface area contributed by atoms with E-state index >= 15 is 0 Å². The van der Waals surface area contributed by atoms with Crippen LogP contribution in [0.1, 0.15) is 5.56 Å². The van der Waals surface area contributed by atoms with Crippen LogP contribution >= 0.6 is 0 Å². The summed E-state index contributed by atoms with van der Waals surface area (Å²) in [6.07, 6.45) is 1.78. The predicted molar refractivity (Wildman–Crippen MR) is 35.4 cm³/mol. The summed E-state index contributed by atoms with van der Waals surface area (Å²) in [6.45, 7) is 0. The van der Waals surface area contributed by atoms with Crippen molar-refractivity contribution in [3.8, 4) is 0 Å². The molecule has 1 aliphatic rings. The smallest absolute Gasteiger partial charge is 0.235 e. The first-order chi connectivity index (χ1) is 4.92. The molecule has 0 atom stereocenters. The van der Waals surface area contributed by atoms with E-state index in [1.807, 2.05) is 6.07 Å². The Morgan fingerprint density at radius 1 is 1.30 bits per heavy atom. The standard InChI is InChI=1S/C7H3N2O/c10-4-5-2-1-3-6-7(5)9-8-6/h1-3H. The SMILES string of the molecule is O=[C]c1cccc2c1N=N2. The van der Waals surface area contributed by atoms with Gasteiger partial charge in [0.05, 0.1) is 5.56 Å². The fourth-order valence-corrected chi connectivity index (χ4v) is 0.859. The molecule has 0 saturated heterocycles. The highest BCUT2D eigenvalue weighted by Crippen LogP contribution is 2.39. The number of nitrogens with zero attached hydrogens (tertiary/aromatic N) is 2. The number of fused-ring (bicyclic) bond motifs is 1. The number of rotatable bonds is 1. The van der Waals surface area contributed by atoms with Gasteiger partial charge in [-0.15, -0.1) is 10.2 Å². The van der Waals surface area contributed by atoms with Gasteiger partial charge >= 0.3 is 0 Å². The molecule has 1 aliphatic heterocycles. The largest absolute Gasteiger partial charge is 0.285 e. The van der Waals surface area contributed by atoms with Gasteiger partial charge in [0.2, 0.25) is 6.29 Å². The van der Waals surface area contributed by atoms with Crippen LogP contribution in [0.2, 0.25) is 0 Å². The van der Waals surface area contributed by atoms with Gasteiger partial charge in [0.1, 0.15) is 11.4 Å². The highest BCUT2D eigenvalue weighted by Gasteiger charge is 2.12. The second-order valence-corrected chi connectivity index (χ2v) is 1.98. The third kappa shape index (κ3) is 0.515. The maximum Gasteiger partial charge on any atom is 0.235 e. The summed E-state index contributed by atoms with van der Waals surface area (Å²) in [5.41, 5.74) is 1.94. The van der Waals surface area contributed by atoms with Gasteiger partial charge in [0, 0.05) is 0 Å². The molecule has 3 heteroatoms. The Morgan fingerprint density at radius 3 is 2.70 bits per heavy atom. The molecule has 0 fully saturated rings. The van der Waals surface area contributed by atoms with Crippen LogP contribution in [-0.4, -0.2) is 6.29 Å². The first-order valence-corrected chi connectivity index (χ1v) is 2.85. The summed E-state index contributed by atoms with van der Waals surface area (Å²) in [6, 6.07) is 5.24. The predicted octanol–water partition coefficient (Wildman–Crippen LogP) is 1.87. The molecule has 1 heterocycles. The molecule has 10 heavy (non-hydrogen) atoms. The molecule has 0 spiro atoms. The Balaban J connectivity index is 2.65. The molecule has 1 aromatic carbocycles. The maximum absolute atomic E-state index is 10.2. The minimum Gasteiger partial charge on any atom is -0.285 e. The van der Waals surface area contributed by atoms with Gasteiger partial charge in [0.15, 0.2) is 0 Å². The summed E-state index contributed by atoms with van der Waals surface area (Å²) in [5.74, 6) is 0. The van der Waals surface area contributed by atoms with E-state index in [1.54, 1.807) is 18.4 Å². The van der Waals surface area contributed by atoms with Crippen LogP contribution in [0.25, 0.3) is 0 Å². The lowest BCUT2D eigenvalue weighted by atomic mass is 10.1. The Labute approximate surface area is 57.4 Å². The second-order valence-electron chi connectivity index (χ2n) is 1.98. The highest BCUT2D eigenvalue weighted by atomic mass is 16.1. The fourth-order valence-electron chi connectivity index (χ4n) is 0.859. The third-order valence-corrected chi connectivity index (χ3v) is 1.38. The molecule has 0 bridgehead atoms. The number of azo groups is 1. The molecule has 1 radical (unpaired) electrons. The molecule has 0 aromatic heterocycles. The maximum atomic E-state index is 10.2. The lowest BCUT2D eigenvalue weighted by molar-refractivity contribution is 0.562. The molecular formula is C7H3N2O. The Kier molecular flexibility index (Phi) is 0.917. The zero-order chi connectivity index (χ0) is 6.97. The highest BCUT2D eigenvalue weighted by molar-refractivity contribution is 5.89. The van der Waals surface area contributed by atoms with E-state index < -0.39 is 0 Å². The van der Waals surface area contributed by atoms with E-state index in [4.69, 9.17) is 0 Å². The van der Waals surface area contributed by atoms with Gasteiger partial charge in [0.25, 0.3) is 0 Å². The van der Waals surface area contributed by atoms with Gasteiger partial charge in [-0.1, -0.05) is 6.07 Å². The Bertz CT molecular complexity index is 317. The zero-order valence-electron chi connectivity index (χ0n) is 5.03. The summed E-state index contributed by atoms with van der Waals surface area (Å²) in [4.78, 5) is 10.2. The van der Waals surface area contributed by atoms with Crippen LogP contribution < -0.4 is 0 Å². The van der Waals surface area contributed by atoms with Crippen LogP contribution in [0, 0.1) is 0 Å². The molecule has 0 saturated carbocycles. The molecule has 2 rings (SSSR count). The summed E-state index contributed by atoms with van der Waals surface area (Å²) in [5, 5.41) is 7.35. The molecule has 47 valence electrons. The van der Waals surface area contributed by atoms with Crippen molar-refractivity contribution in [2.75, 3.05) is 0 Å². The quantitative estimate of drug-likeness (QED) is 0.582. The zero-order valence-corrected chi connectivity index (χ0v) is 5.03. The van der Waals surface area contributed by atoms with Crippen molar-refractivity contribution in [1.82, 2.24) is 0 Å². The fraction of sp³-hybridized carbons (Fsp3) is 0. The molecule has 0 aliphatic carbocycles. The van der Waals surface area contributed by atoms with Crippen molar-refractivity contribution in [2.24, 2.45) is 10.2 Å². The summed E-state index contributed by atoms with van der Waals surface area (Å²) >= 11 is 0. The molecule has 0 unspecified atom stereocenters. The lowest BCUT2D eigenvalue weighted by Gasteiger charge is -2.06. The van der Waals surface area contributed by atoms with Crippen LogP contribution in [0.3, 0.4) is 0 Å². The van der Waals surface area contributed by atoms with Crippen molar-refractivity contribution in [1.29, 1.82) is 0 Å². The van der Waals surface area contributed by atoms with Crippen molar-refractivity contribution in [3.63, 3.8) is 0 Å². The normalized spacial score (nSPS) is 12.0. The molecule has 0 amide bonds. The summed E-state index contributed by atoms with van der Waals surface area (Å²) in [7, 11) is 0. The number of carbonyl (C=O) groups excluding carboxylic acids is 1. The van der Waals surface area contributed by atoms with Gasteiger partial charge in [-0.25, -0.2) is 0 Å². The Morgan fingerprint density at radius 2 is 2.20 bits per heavy atom. The van der Waals surface area contributed by atoms with E-state index in [-0.39, 0.29) is 0 Å². The molecule has 1 aromatic rings. The van der Waals surface area contributed by atoms with Crippen molar-refractivity contribution in [3.05, 3.63) is 23.8 Å². The topological polar surface area (TPSA) is 41.8 Å². The first-order valence-electron chi connectivity index (χ1n) is 2.85. The molecule has 3 nitrogen and oxygen atoms in total. The number of hydrogen-bond acceptors (Lipinski definition) is 3.